The molecule has 15 heavy (non-hydrogen) atoms. The first kappa shape index (κ1) is 12.1. The summed E-state index contributed by atoms with van der Waals surface area (Å²) >= 11 is 0. The highest BCUT2D eigenvalue weighted by molar-refractivity contribution is 5.16. The summed E-state index contributed by atoms with van der Waals surface area (Å²) in [6.07, 6.45) is 4.78. The fourth-order valence-corrected chi connectivity index (χ4v) is 2.07. The van der Waals surface area contributed by atoms with Crippen LogP contribution in [0, 0.1) is 5.92 Å². The van der Waals surface area contributed by atoms with Crippen molar-refractivity contribution in [3.05, 3.63) is 30.1 Å². The number of hydrogen-bond acceptors (Lipinski definition) is 3. The second kappa shape index (κ2) is 5.83. The first-order chi connectivity index (χ1) is 7.20. The van der Waals surface area contributed by atoms with Gasteiger partial charge in [-0.25, -0.2) is 0 Å². The molecule has 1 aromatic heterocycles. The second-order valence-corrected chi connectivity index (χ2v) is 4.09. The summed E-state index contributed by atoms with van der Waals surface area (Å²) in [6.45, 7) is 2.91. The summed E-state index contributed by atoms with van der Waals surface area (Å²) in [6, 6.07) is 4.54. The van der Waals surface area contributed by atoms with Crippen molar-refractivity contribution in [1.29, 1.82) is 0 Å². The fourth-order valence-electron chi connectivity index (χ4n) is 2.07. The second-order valence-electron chi connectivity index (χ2n) is 4.09. The van der Waals surface area contributed by atoms with Gasteiger partial charge in [0.05, 0.1) is 0 Å². The lowest BCUT2D eigenvalue weighted by molar-refractivity contribution is 0.211. The van der Waals surface area contributed by atoms with E-state index in [1.54, 1.807) is 0 Å². The van der Waals surface area contributed by atoms with Gasteiger partial charge in [0.1, 0.15) is 0 Å². The summed E-state index contributed by atoms with van der Waals surface area (Å²) < 4.78 is 0. The lowest BCUT2D eigenvalue weighted by atomic mass is 9.90. The standard InChI is InChI=1S/C12H21N3/c1-4-10(9-13)12(15(2)3)11-5-7-14-8-6-11/h5-8,10,12H,4,9,13H2,1-3H3. The van der Waals surface area contributed by atoms with E-state index in [0.29, 0.717) is 12.0 Å². The maximum atomic E-state index is 5.82. The van der Waals surface area contributed by atoms with Crippen LogP contribution >= 0.6 is 0 Å². The summed E-state index contributed by atoms with van der Waals surface area (Å²) in [7, 11) is 4.20. The molecule has 0 radical (unpaired) electrons. The number of aromatic nitrogens is 1. The predicted octanol–water partition coefficient (Wildman–Crippen LogP) is 1.67. The fraction of sp³-hybridized carbons (Fsp3) is 0.583. The van der Waals surface area contributed by atoms with Gasteiger partial charge >= 0.3 is 0 Å². The predicted molar refractivity (Wildman–Crippen MR) is 63.5 cm³/mol. The van der Waals surface area contributed by atoms with E-state index >= 15 is 0 Å². The van der Waals surface area contributed by atoms with Crippen LogP contribution < -0.4 is 5.73 Å². The Balaban J connectivity index is 2.92. The van der Waals surface area contributed by atoms with E-state index in [4.69, 9.17) is 5.73 Å². The molecule has 0 saturated carbocycles. The molecule has 2 N–H and O–H groups in total. The number of pyridine rings is 1. The first-order valence-corrected chi connectivity index (χ1v) is 5.47. The van der Waals surface area contributed by atoms with E-state index in [9.17, 15) is 0 Å². The first-order valence-electron chi connectivity index (χ1n) is 5.47. The highest BCUT2D eigenvalue weighted by atomic mass is 15.1. The molecule has 1 heterocycles. The summed E-state index contributed by atoms with van der Waals surface area (Å²) in [5, 5.41) is 0. The van der Waals surface area contributed by atoms with Crippen molar-refractivity contribution < 1.29 is 0 Å². The lowest BCUT2D eigenvalue weighted by Crippen LogP contribution is -2.31. The summed E-state index contributed by atoms with van der Waals surface area (Å²) in [4.78, 5) is 6.28. The Morgan fingerprint density at radius 3 is 2.33 bits per heavy atom. The van der Waals surface area contributed by atoms with Crippen molar-refractivity contribution in [1.82, 2.24) is 9.88 Å². The highest BCUT2D eigenvalue weighted by Crippen LogP contribution is 2.27. The highest BCUT2D eigenvalue weighted by Gasteiger charge is 2.22. The number of rotatable bonds is 5. The zero-order valence-corrected chi connectivity index (χ0v) is 9.85. The van der Waals surface area contributed by atoms with Crippen LogP contribution in [-0.2, 0) is 0 Å². The molecule has 1 aromatic rings. The van der Waals surface area contributed by atoms with Crippen LogP contribution in [-0.4, -0.2) is 30.5 Å². The van der Waals surface area contributed by atoms with Crippen LogP contribution in [0.4, 0.5) is 0 Å². The number of nitrogens with zero attached hydrogens (tertiary/aromatic N) is 2. The van der Waals surface area contributed by atoms with Crippen molar-refractivity contribution in [2.45, 2.75) is 19.4 Å². The largest absolute Gasteiger partial charge is 0.330 e. The molecule has 1 rings (SSSR count). The van der Waals surface area contributed by atoms with Gasteiger partial charge in [-0.05, 0) is 44.3 Å². The maximum absolute atomic E-state index is 5.82. The summed E-state index contributed by atoms with van der Waals surface area (Å²) in [5.41, 5.74) is 7.12. The van der Waals surface area contributed by atoms with Gasteiger partial charge in [-0.3, -0.25) is 4.98 Å². The monoisotopic (exact) mass is 207 g/mol. The summed E-state index contributed by atoms with van der Waals surface area (Å²) in [5.74, 6) is 0.502. The van der Waals surface area contributed by atoms with E-state index in [1.165, 1.54) is 5.56 Å². The molecule has 0 aliphatic rings. The average molecular weight is 207 g/mol. The van der Waals surface area contributed by atoms with Gasteiger partial charge in [0.2, 0.25) is 0 Å². The molecule has 0 spiro atoms. The van der Waals surface area contributed by atoms with Crippen LogP contribution in [0.25, 0.3) is 0 Å². The van der Waals surface area contributed by atoms with Crippen LogP contribution in [0.2, 0.25) is 0 Å². The molecule has 0 aliphatic carbocycles. The van der Waals surface area contributed by atoms with Gasteiger partial charge < -0.3 is 10.6 Å². The van der Waals surface area contributed by atoms with Gasteiger partial charge in [-0.15, -0.1) is 0 Å². The van der Waals surface area contributed by atoms with Gasteiger partial charge in [0.25, 0.3) is 0 Å². The van der Waals surface area contributed by atoms with E-state index in [2.05, 4.69) is 43.0 Å². The minimum atomic E-state index is 0.392. The molecule has 2 atom stereocenters. The molecule has 0 fully saturated rings. The van der Waals surface area contributed by atoms with Crippen LogP contribution in [0.5, 0.6) is 0 Å². The Bertz CT molecular complexity index is 267. The Kier molecular flexibility index (Phi) is 4.72. The van der Waals surface area contributed by atoms with Crippen LogP contribution in [0.3, 0.4) is 0 Å². The van der Waals surface area contributed by atoms with Crippen molar-refractivity contribution in [2.24, 2.45) is 11.7 Å². The van der Waals surface area contributed by atoms with Crippen molar-refractivity contribution in [3.8, 4) is 0 Å². The minimum Gasteiger partial charge on any atom is -0.330 e. The third kappa shape index (κ3) is 3.01. The number of hydrogen-bond donors (Lipinski definition) is 1. The van der Waals surface area contributed by atoms with Crippen molar-refractivity contribution >= 4 is 0 Å². The Morgan fingerprint density at radius 2 is 1.93 bits per heavy atom. The SMILES string of the molecule is CCC(CN)C(c1ccncc1)N(C)C. The molecular formula is C12H21N3. The van der Waals surface area contributed by atoms with Crippen molar-refractivity contribution in [2.75, 3.05) is 20.6 Å². The van der Waals surface area contributed by atoms with Gasteiger partial charge in [0.15, 0.2) is 0 Å². The minimum absolute atomic E-state index is 0.392. The quantitative estimate of drug-likeness (QED) is 0.798. The zero-order valence-electron chi connectivity index (χ0n) is 9.85. The lowest BCUT2D eigenvalue weighted by Gasteiger charge is -2.31. The van der Waals surface area contributed by atoms with Gasteiger partial charge in [0, 0.05) is 18.4 Å². The molecule has 0 saturated heterocycles. The Hall–Kier alpha value is -0.930. The van der Waals surface area contributed by atoms with Crippen molar-refractivity contribution in [3.63, 3.8) is 0 Å². The van der Waals surface area contributed by atoms with Gasteiger partial charge in [-0.1, -0.05) is 13.3 Å². The maximum Gasteiger partial charge on any atom is 0.0383 e. The molecule has 84 valence electrons. The normalized spacial score (nSPS) is 15.3. The van der Waals surface area contributed by atoms with Crippen LogP contribution in [0.15, 0.2) is 24.5 Å². The molecule has 0 aliphatic heterocycles. The van der Waals surface area contributed by atoms with Crippen LogP contribution in [0.1, 0.15) is 24.9 Å². The van der Waals surface area contributed by atoms with E-state index in [-0.39, 0.29) is 0 Å². The Morgan fingerprint density at radius 1 is 1.33 bits per heavy atom. The molecule has 2 unspecified atom stereocenters. The molecule has 3 heteroatoms. The third-order valence-electron chi connectivity index (χ3n) is 2.88. The van der Waals surface area contributed by atoms with Gasteiger partial charge in [-0.2, -0.15) is 0 Å². The van der Waals surface area contributed by atoms with E-state index in [1.807, 2.05) is 12.4 Å². The van der Waals surface area contributed by atoms with E-state index in [0.717, 1.165) is 13.0 Å². The molecule has 0 amide bonds. The zero-order chi connectivity index (χ0) is 11.3. The average Bonchev–Trinajstić information content (AvgIpc) is 2.26. The molecule has 3 nitrogen and oxygen atoms in total. The third-order valence-corrected chi connectivity index (χ3v) is 2.88. The van der Waals surface area contributed by atoms with E-state index < -0.39 is 0 Å². The Labute approximate surface area is 92.3 Å². The topological polar surface area (TPSA) is 42.1 Å². The number of nitrogens with two attached hydrogens (primary N) is 1. The molecule has 0 bridgehead atoms. The molecule has 0 aromatic carbocycles. The molecular weight excluding hydrogens is 186 g/mol. The smallest absolute Gasteiger partial charge is 0.0383 e.